The van der Waals surface area contributed by atoms with E-state index in [1.165, 1.54) is 24.1 Å². The molecule has 176 valence electrons. The third kappa shape index (κ3) is 3.88. The van der Waals surface area contributed by atoms with E-state index in [1.54, 1.807) is 28.9 Å². The van der Waals surface area contributed by atoms with Gasteiger partial charge in [-0.3, -0.25) is 14.3 Å². The van der Waals surface area contributed by atoms with E-state index in [4.69, 9.17) is 9.15 Å². The van der Waals surface area contributed by atoms with Crippen LogP contribution in [-0.4, -0.2) is 44.3 Å². The number of ether oxygens (including phenoxy) is 1. The first-order valence-electron chi connectivity index (χ1n) is 11.1. The van der Waals surface area contributed by atoms with Crippen LogP contribution in [0.1, 0.15) is 40.8 Å². The molecule has 1 unspecified atom stereocenters. The zero-order valence-corrected chi connectivity index (χ0v) is 19.1. The predicted molar refractivity (Wildman–Crippen MR) is 124 cm³/mol. The summed E-state index contributed by atoms with van der Waals surface area (Å²) in [6.45, 7) is 1.13. The number of aromatic nitrogens is 3. The van der Waals surface area contributed by atoms with Crippen LogP contribution in [-0.2, 0) is 36.2 Å². The Balaban J connectivity index is 1.47. The SMILES string of the molecule is COCc1cc(=O)c(O)c(C(CC(=O)N2CCc3c([nH]c4ccccc34)C2)c2ccnn2C)o1. The molecule has 34 heavy (non-hydrogen) atoms. The number of carbonyl (C=O) groups is 1. The van der Waals surface area contributed by atoms with E-state index in [0.29, 0.717) is 18.8 Å². The van der Waals surface area contributed by atoms with Gasteiger partial charge in [0.2, 0.25) is 17.1 Å². The highest BCUT2D eigenvalue weighted by molar-refractivity contribution is 5.86. The molecule has 2 N–H and O–H groups in total. The number of aryl methyl sites for hydroxylation is 1. The van der Waals surface area contributed by atoms with Gasteiger partial charge in [0.15, 0.2) is 5.76 Å². The van der Waals surface area contributed by atoms with E-state index in [-0.39, 0.29) is 30.5 Å². The monoisotopic (exact) mass is 462 g/mol. The molecule has 1 aliphatic heterocycles. The van der Waals surface area contributed by atoms with Gasteiger partial charge in [0.25, 0.3) is 0 Å². The Morgan fingerprint density at radius 1 is 1.32 bits per heavy atom. The Morgan fingerprint density at radius 3 is 2.91 bits per heavy atom. The molecule has 9 heteroatoms. The van der Waals surface area contributed by atoms with Gasteiger partial charge < -0.3 is 24.1 Å². The number of benzene rings is 1. The van der Waals surface area contributed by atoms with Crippen LogP contribution in [0.25, 0.3) is 10.9 Å². The number of hydrogen-bond donors (Lipinski definition) is 2. The van der Waals surface area contributed by atoms with Gasteiger partial charge in [0.05, 0.1) is 12.5 Å². The second kappa shape index (κ2) is 8.83. The number of amides is 1. The lowest BCUT2D eigenvalue weighted by Crippen LogP contribution is -2.36. The first kappa shape index (κ1) is 22.0. The summed E-state index contributed by atoms with van der Waals surface area (Å²) in [5, 5.41) is 16.0. The summed E-state index contributed by atoms with van der Waals surface area (Å²) in [7, 11) is 3.24. The van der Waals surface area contributed by atoms with Crippen molar-refractivity contribution in [1.82, 2.24) is 19.7 Å². The van der Waals surface area contributed by atoms with Crippen LogP contribution in [0.5, 0.6) is 5.75 Å². The number of aromatic hydroxyl groups is 1. The van der Waals surface area contributed by atoms with Gasteiger partial charge in [-0.1, -0.05) is 18.2 Å². The summed E-state index contributed by atoms with van der Waals surface area (Å²) < 4.78 is 12.6. The summed E-state index contributed by atoms with van der Waals surface area (Å²) >= 11 is 0. The summed E-state index contributed by atoms with van der Waals surface area (Å²) in [6, 6.07) is 11.1. The number of fused-ring (bicyclic) bond motifs is 3. The Labute approximate surface area is 195 Å². The van der Waals surface area contributed by atoms with Crippen molar-refractivity contribution in [3.8, 4) is 5.75 Å². The van der Waals surface area contributed by atoms with Crippen LogP contribution >= 0.6 is 0 Å². The van der Waals surface area contributed by atoms with Crippen molar-refractivity contribution in [2.75, 3.05) is 13.7 Å². The summed E-state index contributed by atoms with van der Waals surface area (Å²) in [5.74, 6) is -0.973. The number of H-pyrrole nitrogens is 1. The van der Waals surface area contributed by atoms with Crippen molar-refractivity contribution in [2.45, 2.75) is 31.9 Å². The lowest BCUT2D eigenvalue weighted by molar-refractivity contribution is -0.132. The molecule has 0 bridgehead atoms. The Morgan fingerprint density at radius 2 is 2.15 bits per heavy atom. The van der Waals surface area contributed by atoms with Crippen molar-refractivity contribution >= 4 is 16.8 Å². The van der Waals surface area contributed by atoms with Gasteiger partial charge in [-0.2, -0.15) is 5.10 Å². The molecule has 0 aliphatic carbocycles. The van der Waals surface area contributed by atoms with E-state index in [9.17, 15) is 14.7 Å². The number of hydrogen-bond acceptors (Lipinski definition) is 6. The second-order valence-electron chi connectivity index (χ2n) is 8.55. The number of nitrogens with one attached hydrogen (secondary N) is 1. The predicted octanol–water partition coefficient (Wildman–Crippen LogP) is 2.81. The third-order valence-corrected chi connectivity index (χ3v) is 6.43. The fourth-order valence-electron chi connectivity index (χ4n) is 4.77. The minimum absolute atomic E-state index is 0.0159. The van der Waals surface area contributed by atoms with Crippen molar-refractivity contribution < 1.29 is 19.1 Å². The molecular weight excluding hydrogens is 436 g/mol. The molecule has 9 nitrogen and oxygen atoms in total. The van der Waals surface area contributed by atoms with E-state index < -0.39 is 17.1 Å². The second-order valence-corrected chi connectivity index (χ2v) is 8.55. The smallest absolute Gasteiger partial charge is 0.227 e. The fourth-order valence-corrected chi connectivity index (χ4v) is 4.77. The average Bonchev–Trinajstić information content (AvgIpc) is 3.42. The molecule has 3 aromatic heterocycles. The lowest BCUT2D eigenvalue weighted by Gasteiger charge is -2.29. The van der Waals surface area contributed by atoms with Crippen LogP contribution in [0.4, 0.5) is 0 Å². The van der Waals surface area contributed by atoms with Crippen molar-refractivity contribution in [1.29, 1.82) is 0 Å². The highest BCUT2D eigenvalue weighted by atomic mass is 16.5. The number of carbonyl (C=O) groups excluding carboxylic acids is 1. The summed E-state index contributed by atoms with van der Waals surface area (Å²) in [5.41, 5.74) is 3.43. The molecule has 0 spiro atoms. The van der Waals surface area contributed by atoms with Gasteiger partial charge in [0, 0.05) is 61.7 Å². The average molecular weight is 463 g/mol. The van der Waals surface area contributed by atoms with Crippen molar-refractivity contribution in [3.05, 3.63) is 81.3 Å². The number of aromatic amines is 1. The molecular formula is C25H26N4O5. The lowest BCUT2D eigenvalue weighted by atomic mass is 9.95. The Kier molecular flexibility index (Phi) is 5.70. The van der Waals surface area contributed by atoms with Gasteiger partial charge in [-0.25, -0.2) is 0 Å². The quantitative estimate of drug-likeness (QED) is 0.456. The molecule has 4 aromatic rings. The van der Waals surface area contributed by atoms with E-state index in [2.05, 4.69) is 16.1 Å². The van der Waals surface area contributed by atoms with Crippen LogP contribution in [0, 0.1) is 0 Å². The minimum Gasteiger partial charge on any atom is -0.502 e. The molecule has 0 radical (unpaired) electrons. The number of para-hydroxylation sites is 1. The largest absolute Gasteiger partial charge is 0.502 e. The van der Waals surface area contributed by atoms with Crippen LogP contribution in [0.3, 0.4) is 0 Å². The molecule has 0 saturated heterocycles. The zero-order chi connectivity index (χ0) is 23.8. The van der Waals surface area contributed by atoms with Crippen LogP contribution in [0.2, 0.25) is 0 Å². The molecule has 0 fully saturated rings. The first-order chi connectivity index (χ1) is 16.5. The number of methoxy groups -OCH3 is 1. The molecule has 1 atom stereocenters. The maximum atomic E-state index is 13.5. The summed E-state index contributed by atoms with van der Waals surface area (Å²) in [4.78, 5) is 31.1. The van der Waals surface area contributed by atoms with Gasteiger partial charge in [0.1, 0.15) is 12.4 Å². The molecule has 4 heterocycles. The van der Waals surface area contributed by atoms with E-state index in [0.717, 1.165) is 17.6 Å². The topological polar surface area (TPSA) is 114 Å². The molecule has 1 aromatic carbocycles. The fraction of sp³-hybridized carbons (Fsp3) is 0.320. The maximum absolute atomic E-state index is 13.5. The zero-order valence-electron chi connectivity index (χ0n) is 19.1. The molecule has 0 saturated carbocycles. The van der Waals surface area contributed by atoms with E-state index >= 15 is 0 Å². The van der Waals surface area contributed by atoms with Crippen LogP contribution in [0.15, 0.2) is 51.8 Å². The highest BCUT2D eigenvalue weighted by Gasteiger charge is 2.31. The van der Waals surface area contributed by atoms with E-state index in [1.807, 2.05) is 18.2 Å². The Bertz CT molecular complexity index is 1420. The van der Waals surface area contributed by atoms with Gasteiger partial charge in [-0.15, -0.1) is 0 Å². The standard InChI is InChI=1S/C25H26N4O5/c1-28-21(7-9-26-28)18(25-24(32)22(30)11-15(34-25)14-33-2)12-23(31)29-10-8-17-16-5-3-4-6-19(16)27-20(17)13-29/h3-7,9,11,18,27,32H,8,10,12-14H2,1-2H3. The highest BCUT2D eigenvalue weighted by Crippen LogP contribution is 2.34. The van der Waals surface area contributed by atoms with Crippen molar-refractivity contribution in [3.63, 3.8) is 0 Å². The van der Waals surface area contributed by atoms with Crippen molar-refractivity contribution in [2.24, 2.45) is 7.05 Å². The Hall–Kier alpha value is -3.85. The van der Waals surface area contributed by atoms with Crippen LogP contribution < -0.4 is 5.43 Å². The first-order valence-corrected chi connectivity index (χ1v) is 11.1. The third-order valence-electron chi connectivity index (χ3n) is 6.43. The van der Waals surface area contributed by atoms with Gasteiger partial charge in [-0.05, 0) is 24.1 Å². The normalized spacial score (nSPS) is 14.4. The maximum Gasteiger partial charge on any atom is 0.227 e. The minimum atomic E-state index is -0.686. The summed E-state index contributed by atoms with van der Waals surface area (Å²) in [6.07, 6.45) is 2.38. The number of rotatable bonds is 6. The number of nitrogens with zero attached hydrogens (tertiary/aromatic N) is 3. The molecule has 1 aliphatic rings. The van der Waals surface area contributed by atoms with Gasteiger partial charge >= 0.3 is 0 Å². The molecule has 5 rings (SSSR count). The molecule has 1 amide bonds.